The van der Waals surface area contributed by atoms with E-state index in [4.69, 9.17) is 11.0 Å². The first kappa shape index (κ1) is 16.0. The molecular weight excluding hydrogens is 292 g/mol. The maximum atomic E-state index is 12.4. The number of benzene rings is 2. The molecule has 0 aliphatic heterocycles. The van der Waals surface area contributed by atoms with Gasteiger partial charge in [-0.1, -0.05) is 36.4 Å². The van der Waals surface area contributed by atoms with Gasteiger partial charge in [0.2, 0.25) is 5.91 Å². The monoisotopic (exact) mass is 308 g/mol. The van der Waals surface area contributed by atoms with Gasteiger partial charge in [-0.3, -0.25) is 4.79 Å². The summed E-state index contributed by atoms with van der Waals surface area (Å²) in [7, 11) is 0. The van der Waals surface area contributed by atoms with Crippen molar-refractivity contribution in [1.82, 2.24) is 5.32 Å². The van der Waals surface area contributed by atoms with Gasteiger partial charge < -0.3 is 16.4 Å². The standard InChI is InChI=1S/C17H16N4O2/c18-11-13-7-4-8-14(9-13)20-16(22)15(21-17(19)23)10-12-5-2-1-3-6-12/h1-9,15H,10H2,(H,20,22)(H3,19,21,23)/t15-/m0/s1. The van der Waals surface area contributed by atoms with Crippen LogP contribution in [0.25, 0.3) is 0 Å². The van der Waals surface area contributed by atoms with Crippen molar-refractivity contribution in [3.63, 3.8) is 0 Å². The van der Waals surface area contributed by atoms with Gasteiger partial charge in [0, 0.05) is 12.1 Å². The summed E-state index contributed by atoms with van der Waals surface area (Å²) in [5.74, 6) is -0.400. The number of nitrogens with two attached hydrogens (primary N) is 1. The van der Waals surface area contributed by atoms with E-state index < -0.39 is 18.0 Å². The molecule has 0 aliphatic carbocycles. The maximum Gasteiger partial charge on any atom is 0.312 e. The van der Waals surface area contributed by atoms with Crippen molar-refractivity contribution in [2.45, 2.75) is 12.5 Å². The smallest absolute Gasteiger partial charge is 0.312 e. The van der Waals surface area contributed by atoms with Crippen LogP contribution in [-0.2, 0) is 11.2 Å². The predicted molar refractivity (Wildman–Crippen MR) is 86.4 cm³/mol. The molecule has 23 heavy (non-hydrogen) atoms. The quantitative estimate of drug-likeness (QED) is 0.783. The van der Waals surface area contributed by atoms with Crippen LogP contribution in [0.5, 0.6) is 0 Å². The van der Waals surface area contributed by atoms with E-state index in [2.05, 4.69) is 10.6 Å². The van der Waals surface area contributed by atoms with Crippen molar-refractivity contribution in [3.8, 4) is 6.07 Å². The van der Waals surface area contributed by atoms with Gasteiger partial charge >= 0.3 is 6.03 Å². The molecule has 0 saturated carbocycles. The van der Waals surface area contributed by atoms with Gasteiger partial charge in [0.05, 0.1) is 11.6 Å². The second kappa shape index (κ2) is 7.61. The molecule has 0 spiro atoms. The Balaban J connectivity index is 2.12. The minimum atomic E-state index is -0.805. The molecule has 0 saturated heterocycles. The molecular formula is C17H16N4O2. The van der Waals surface area contributed by atoms with Crippen LogP contribution >= 0.6 is 0 Å². The molecule has 0 heterocycles. The Labute approximate surface area is 133 Å². The molecule has 0 bridgehead atoms. The molecule has 0 aromatic heterocycles. The number of primary amides is 1. The van der Waals surface area contributed by atoms with Crippen LogP contribution < -0.4 is 16.4 Å². The minimum Gasteiger partial charge on any atom is -0.352 e. The van der Waals surface area contributed by atoms with Crippen LogP contribution in [0.4, 0.5) is 10.5 Å². The number of nitrogens with one attached hydrogen (secondary N) is 2. The summed E-state index contributed by atoms with van der Waals surface area (Å²) in [6.45, 7) is 0. The number of nitriles is 1. The van der Waals surface area contributed by atoms with E-state index in [1.807, 2.05) is 36.4 Å². The SMILES string of the molecule is N#Cc1cccc(NC(=O)[C@H](Cc2ccccc2)NC(N)=O)c1. The zero-order valence-corrected chi connectivity index (χ0v) is 12.3. The fourth-order valence-electron chi connectivity index (χ4n) is 2.13. The summed E-state index contributed by atoms with van der Waals surface area (Å²) in [6, 6.07) is 16.3. The first-order valence-electron chi connectivity index (χ1n) is 6.99. The van der Waals surface area contributed by atoms with Gasteiger partial charge in [-0.25, -0.2) is 4.79 Å². The van der Waals surface area contributed by atoms with Crippen LogP contribution in [0.15, 0.2) is 54.6 Å². The molecule has 116 valence electrons. The zero-order valence-electron chi connectivity index (χ0n) is 12.3. The van der Waals surface area contributed by atoms with Gasteiger partial charge in [0.1, 0.15) is 6.04 Å². The molecule has 6 nitrogen and oxygen atoms in total. The number of urea groups is 1. The number of amides is 3. The number of anilines is 1. The lowest BCUT2D eigenvalue weighted by molar-refractivity contribution is -0.117. The Morgan fingerprint density at radius 3 is 2.52 bits per heavy atom. The lowest BCUT2D eigenvalue weighted by Crippen LogP contribution is -2.47. The van der Waals surface area contributed by atoms with Crippen molar-refractivity contribution >= 4 is 17.6 Å². The summed E-state index contributed by atoms with van der Waals surface area (Å²) >= 11 is 0. The third-order valence-electron chi connectivity index (χ3n) is 3.17. The van der Waals surface area contributed by atoms with Crippen LogP contribution in [0, 0.1) is 11.3 Å². The Hall–Kier alpha value is -3.33. The summed E-state index contributed by atoms with van der Waals surface area (Å²) in [5, 5.41) is 14.0. The van der Waals surface area contributed by atoms with Crippen molar-refractivity contribution in [1.29, 1.82) is 5.26 Å². The number of carbonyl (C=O) groups excluding carboxylic acids is 2. The molecule has 0 aliphatic rings. The molecule has 0 radical (unpaired) electrons. The van der Waals surface area contributed by atoms with E-state index in [1.165, 1.54) is 0 Å². The van der Waals surface area contributed by atoms with Gasteiger partial charge in [-0.2, -0.15) is 5.26 Å². The highest BCUT2D eigenvalue weighted by Gasteiger charge is 2.20. The first-order chi connectivity index (χ1) is 11.1. The van der Waals surface area contributed by atoms with E-state index in [-0.39, 0.29) is 0 Å². The maximum absolute atomic E-state index is 12.4. The average Bonchev–Trinajstić information content (AvgIpc) is 2.55. The first-order valence-corrected chi connectivity index (χ1v) is 6.99. The highest BCUT2D eigenvalue weighted by molar-refractivity contribution is 5.97. The van der Waals surface area contributed by atoms with Gasteiger partial charge in [0.15, 0.2) is 0 Å². The zero-order chi connectivity index (χ0) is 16.7. The summed E-state index contributed by atoms with van der Waals surface area (Å²) in [4.78, 5) is 23.5. The third-order valence-corrected chi connectivity index (χ3v) is 3.17. The highest BCUT2D eigenvalue weighted by atomic mass is 16.2. The van der Waals surface area contributed by atoms with Gasteiger partial charge in [-0.15, -0.1) is 0 Å². The molecule has 2 rings (SSSR count). The Bertz CT molecular complexity index is 738. The van der Waals surface area contributed by atoms with Crippen molar-refractivity contribution in [3.05, 3.63) is 65.7 Å². The minimum absolute atomic E-state index is 0.313. The molecule has 4 N–H and O–H groups in total. The normalized spacial score (nSPS) is 11.1. The van der Waals surface area contributed by atoms with Crippen molar-refractivity contribution in [2.75, 3.05) is 5.32 Å². The number of carbonyl (C=O) groups is 2. The number of hydrogen-bond acceptors (Lipinski definition) is 3. The summed E-state index contributed by atoms with van der Waals surface area (Å²) < 4.78 is 0. The summed E-state index contributed by atoms with van der Waals surface area (Å²) in [5.41, 5.74) is 6.97. The van der Waals surface area contributed by atoms with E-state index in [0.29, 0.717) is 17.7 Å². The summed E-state index contributed by atoms with van der Waals surface area (Å²) in [6.07, 6.45) is 0.313. The molecule has 0 fully saturated rings. The van der Waals surface area contributed by atoms with Crippen LogP contribution in [-0.4, -0.2) is 18.0 Å². The predicted octanol–water partition coefficient (Wildman–Crippen LogP) is 1.78. The van der Waals surface area contributed by atoms with E-state index in [0.717, 1.165) is 5.56 Å². The lowest BCUT2D eigenvalue weighted by Gasteiger charge is -2.17. The number of nitrogens with zero attached hydrogens (tertiary/aromatic N) is 1. The van der Waals surface area contributed by atoms with Crippen LogP contribution in [0.3, 0.4) is 0 Å². The van der Waals surface area contributed by atoms with Gasteiger partial charge in [-0.05, 0) is 23.8 Å². The second-order valence-corrected chi connectivity index (χ2v) is 4.93. The highest BCUT2D eigenvalue weighted by Crippen LogP contribution is 2.11. The molecule has 2 aromatic rings. The average molecular weight is 308 g/mol. The van der Waals surface area contributed by atoms with E-state index >= 15 is 0 Å². The molecule has 3 amide bonds. The van der Waals surface area contributed by atoms with Crippen molar-refractivity contribution < 1.29 is 9.59 Å². The number of hydrogen-bond donors (Lipinski definition) is 3. The fraction of sp³-hybridized carbons (Fsp3) is 0.118. The largest absolute Gasteiger partial charge is 0.352 e. The molecule has 1 atom stereocenters. The molecule has 6 heteroatoms. The molecule has 2 aromatic carbocycles. The molecule has 0 unspecified atom stereocenters. The Morgan fingerprint density at radius 2 is 1.87 bits per heavy atom. The fourth-order valence-corrected chi connectivity index (χ4v) is 2.13. The topological polar surface area (TPSA) is 108 Å². The Kier molecular flexibility index (Phi) is 5.31. The lowest BCUT2D eigenvalue weighted by atomic mass is 10.1. The van der Waals surface area contributed by atoms with Crippen LogP contribution in [0.2, 0.25) is 0 Å². The van der Waals surface area contributed by atoms with E-state index in [1.54, 1.807) is 24.3 Å². The second-order valence-electron chi connectivity index (χ2n) is 4.93. The van der Waals surface area contributed by atoms with E-state index in [9.17, 15) is 9.59 Å². The third kappa shape index (κ3) is 4.86. The Morgan fingerprint density at radius 1 is 1.13 bits per heavy atom. The van der Waals surface area contributed by atoms with Crippen molar-refractivity contribution in [2.24, 2.45) is 5.73 Å². The number of rotatable bonds is 5. The van der Waals surface area contributed by atoms with Crippen LogP contribution in [0.1, 0.15) is 11.1 Å². The van der Waals surface area contributed by atoms with Gasteiger partial charge in [0.25, 0.3) is 0 Å².